The van der Waals surface area contributed by atoms with Crippen LogP contribution < -0.4 is 0 Å². The highest BCUT2D eigenvalue weighted by Crippen LogP contribution is 2.64. The van der Waals surface area contributed by atoms with Crippen molar-refractivity contribution >= 4 is 21.8 Å². The molecule has 0 saturated heterocycles. The summed E-state index contributed by atoms with van der Waals surface area (Å²) in [5, 5.41) is 2.50. The second kappa shape index (κ2) is 10.5. The number of benzene rings is 7. The van der Waals surface area contributed by atoms with Gasteiger partial charge >= 0.3 is 0 Å². The lowest BCUT2D eigenvalue weighted by Gasteiger charge is -2.31. The maximum Gasteiger partial charge on any atom is 0.160 e. The fourth-order valence-electron chi connectivity index (χ4n) is 9.11. The summed E-state index contributed by atoms with van der Waals surface area (Å²) in [6.07, 6.45) is 0. The van der Waals surface area contributed by atoms with Crippen LogP contribution in [0.2, 0.25) is 0 Å². The third kappa shape index (κ3) is 3.78. The fourth-order valence-corrected chi connectivity index (χ4v) is 9.11. The van der Waals surface area contributed by atoms with Gasteiger partial charge < -0.3 is 4.57 Å². The van der Waals surface area contributed by atoms with Crippen LogP contribution in [0.1, 0.15) is 27.8 Å². The molecule has 3 heteroatoms. The number of hydrogen-bond acceptors (Lipinski definition) is 2. The van der Waals surface area contributed by atoms with Crippen molar-refractivity contribution in [1.82, 2.24) is 14.5 Å². The Bertz CT molecular complexity index is 2780. The van der Waals surface area contributed by atoms with E-state index in [1.165, 1.54) is 55.2 Å². The standard InChI is InChI=1S/C48H31N3/c1-30-27-32(29-33(28-30)51-42-25-13-8-19-36(42)37-20-9-14-26-43(37)51)45-44-46(50-47(49-45)31-15-3-2-4-16-31)38-21-7-12-24-41(38)48(44)39-22-10-5-17-34(39)35-18-6-11-23-40(35)48/h2-29H,1H3. The first kappa shape index (κ1) is 28.3. The largest absolute Gasteiger partial charge is 0.309 e. The molecule has 0 bridgehead atoms. The van der Waals surface area contributed by atoms with Gasteiger partial charge in [0, 0.05) is 38.7 Å². The zero-order valence-corrected chi connectivity index (χ0v) is 28.0. The summed E-state index contributed by atoms with van der Waals surface area (Å²) in [5.41, 5.74) is 16.8. The average molecular weight is 650 g/mol. The molecule has 0 aliphatic heterocycles. The van der Waals surface area contributed by atoms with E-state index in [1.807, 2.05) is 6.07 Å². The number of rotatable bonds is 3. The van der Waals surface area contributed by atoms with Crippen LogP contribution in [0.15, 0.2) is 170 Å². The molecule has 0 N–H and O–H groups in total. The lowest BCUT2D eigenvalue weighted by atomic mass is 9.69. The third-order valence-electron chi connectivity index (χ3n) is 11.0. The van der Waals surface area contributed by atoms with Gasteiger partial charge in [-0.05, 0) is 70.6 Å². The maximum atomic E-state index is 5.60. The van der Waals surface area contributed by atoms with Gasteiger partial charge in [-0.2, -0.15) is 0 Å². The van der Waals surface area contributed by atoms with Crippen LogP contribution in [0.4, 0.5) is 0 Å². The SMILES string of the molecule is Cc1cc(-c2nc(-c3ccccc3)nc3c2C2(c4ccccc4-c4ccccc42)c2ccccc2-3)cc(-n2c3ccccc3c3ccccc32)c1. The smallest absolute Gasteiger partial charge is 0.160 e. The highest BCUT2D eigenvalue weighted by Gasteiger charge is 2.54. The van der Waals surface area contributed by atoms with Crippen LogP contribution in [-0.2, 0) is 5.41 Å². The fraction of sp³-hybridized carbons (Fsp3) is 0.0417. The molecule has 0 unspecified atom stereocenters. The van der Waals surface area contributed by atoms with Gasteiger partial charge in [0.1, 0.15) is 0 Å². The van der Waals surface area contributed by atoms with E-state index in [4.69, 9.17) is 9.97 Å². The van der Waals surface area contributed by atoms with Crippen molar-refractivity contribution < 1.29 is 0 Å². The van der Waals surface area contributed by atoms with Crippen molar-refractivity contribution in [3.05, 3.63) is 198 Å². The first-order chi connectivity index (χ1) is 25.2. The summed E-state index contributed by atoms with van der Waals surface area (Å²) in [6.45, 7) is 2.20. The molecule has 0 fully saturated rings. The van der Waals surface area contributed by atoms with Crippen LogP contribution in [-0.4, -0.2) is 14.5 Å². The zero-order valence-electron chi connectivity index (χ0n) is 28.0. The predicted octanol–water partition coefficient (Wildman–Crippen LogP) is 11.6. The normalized spacial score (nSPS) is 13.4. The van der Waals surface area contributed by atoms with E-state index in [-0.39, 0.29) is 0 Å². The monoisotopic (exact) mass is 649 g/mol. The van der Waals surface area contributed by atoms with Crippen molar-refractivity contribution in [2.75, 3.05) is 0 Å². The summed E-state index contributed by atoms with van der Waals surface area (Å²) in [6, 6.07) is 61.5. The summed E-state index contributed by atoms with van der Waals surface area (Å²) in [5.74, 6) is 0.732. The Kier molecular flexibility index (Phi) is 5.80. The van der Waals surface area contributed by atoms with Crippen LogP contribution in [0.25, 0.3) is 72.5 Å². The summed E-state index contributed by atoms with van der Waals surface area (Å²) < 4.78 is 2.41. The van der Waals surface area contributed by atoms with Gasteiger partial charge in [-0.15, -0.1) is 0 Å². The van der Waals surface area contributed by atoms with Crippen molar-refractivity contribution in [1.29, 1.82) is 0 Å². The van der Waals surface area contributed by atoms with Gasteiger partial charge in [-0.3, -0.25) is 0 Å². The molecule has 238 valence electrons. The Labute approximate surface area is 296 Å². The van der Waals surface area contributed by atoms with Gasteiger partial charge in [0.25, 0.3) is 0 Å². The Morgan fingerprint density at radius 3 is 1.61 bits per heavy atom. The number of aromatic nitrogens is 3. The van der Waals surface area contributed by atoms with Crippen LogP contribution in [0.3, 0.4) is 0 Å². The molecule has 1 spiro atoms. The maximum absolute atomic E-state index is 5.60. The number of aryl methyl sites for hydroxylation is 1. The number of para-hydroxylation sites is 2. The Morgan fingerprint density at radius 1 is 0.451 bits per heavy atom. The van der Waals surface area contributed by atoms with E-state index in [0.717, 1.165) is 45.2 Å². The van der Waals surface area contributed by atoms with E-state index in [1.54, 1.807) is 0 Å². The van der Waals surface area contributed by atoms with Crippen molar-refractivity contribution in [3.8, 4) is 50.7 Å². The number of hydrogen-bond donors (Lipinski definition) is 0. The molecule has 0 amide bonds. The molecule has 2 aliphatic carbocycles. The molecular formula is C48H31N3. The van der Waals surface area contributed by atoms with Gasteiger partial charge in [-0.25, -0.2) is 9.97 Å². The molecule has 2 aliphatic rings. The van der Waals surface area contributed by atoms with E-state index >= 15 is 0 Å². The van der Waals surface area contributed by atoms with Gasteiger partial charge in [0.15, 0.2) is 5.82 Å². The highest BCUT2D eigenvalue weighted by molar-refractivity contribution is 6.09. The van der Waals surface area contributed by atoms with Gasteiger partial charge in [0.05, 0.1) is 27.8 Å². The van der Waals surface area contributed by atoms with Crippen molar-refractivity contribution in [2.45, 2.75) is 12.3 Å². The molecule has 3 nitrogen and oxygen atoms in total. The third-order valence-corrected chi connectivity index (χ3v) is 11.0. The molecule has 0 radical (unpaired) electrons. The van der Waals surface area contributed by atoms with Gasteiger partial charge in [0.2, 0.25) is 0 Å². The highest BCUT2D eigenvalue weighted by atomic mass is 15.0. The lowest BCUT2D eigenvalue weighted by Crippen LogP contribution is -2.27. The van der Waals surface area contributed by atoms with Crippen LogP contribution in [0, 0.1) is 6.92 Å². The van der Waals surface area contributed by atoms with Crippen LogP contribution in [0.5, 0.6) is 0 Å². The van der Waals surface area contributed by atoms with E-state index in [2.05, 4.69) is 175 Å². The minimum atomic E-state index is -0.569. The quantitative estimate of drug-likeness (QED) is 0.191. The minimum absolute atomic E-state index is 0.569. The first-order valence-electron chi connectivity index (χ1n) is 17.6. The number of nitrogens with zero attached hydrogens (tertiary/aromatic N) is 3. The Hall–Kier alpha value is -6.58. The lowest BCUT2D eigenvalue weighted by molar-refractivity contribution is 0.788. The molecule has 2 aromatic heterocycles. The Morgan fingerprint density at radius 2 is 0.961 bits per heavy atom. The summed E-state index contributed by atoms with van der Waals surface area (Å²) in [4.78, 5) is 11.1. The molecular weight excluding hydrogens is 619 g/mol. The second-order valence-corrected chi connectivity index (χ2v) is 13.8. The van der Waals surface area contributed by atoms with E-state index < -0.39 is 5.41 Å². The topological polar surface area (TPSA) is 30.7 Å². The Balaban J connectivity index is 1.28. The molecule has 9 aromatic rings. The predicted molar refractivity (Wildman–Crippen MR) is 208 cm³/mol. The molecule has 0 saturated carbocycles. The summed E-state index contributed by atoms with van der Waals surface area (Å²) >= 11 is 0. The molecule has 0 atom stereocenters. The minimum Gasteiger partial charge on any atom is -0.309 e. The molecule has 51 heavy (non-hydrogen) atoms. The number of fused-ring (bicyclic) bond motifs is 13. The van der Waals surface area contributed by atoms with Crippen LogP contribution >= 0.6 is 0 Å². The average Bonchev–Trinajstić information content (AvgIpc) is 3.80. The second-order valence-electron chi connectivity index (χ2n) is 13.8. The van der Waals surface area contributed by atoms with Crippen molar-refractivity contribution in [3.63, 3.8) is 0 Å². The van der Waals surface area contributed by atoms with Gasteiger partial charge in [-0.1, -0.05) is 140 Å². The summed E-state index contributed by atoms with van der Waals surface area (Å²) in [7, 11) is 0. The molecule has 11 rings (SSSR count). The first-order valence-corrected chi connectivity index (χ1v) is 17.6. The molecule has 2 heterocycles. The van der Waals surface area contributed by atoms with E-state index in [0.29, 0.717) is 0 Å². The molecule has 7 aromatic carbocycles. The zero-order chi connectivity index (χ0) is 33.7. The van der Waals surface area contributed by atoms with E-state index in [9.17, 15) is 0 Å². The van der Waals surface area contributed by atoms with Crippen molar-refractivity contribution in [2.24, 2.45) is 0 Å².